The fraction of sp³-hybridized carbons (Fsp3) is 0.240. The van der Waals surface area contributed by atoms with Gasteiger partial charge in [-0.15, -0.1) is 11.3 Å². The van der Waals surface area contributed by atoms with Gasteiger partial charge in [-0.1, -0.05) is 24.3 Å². The van der Waals surface area contributed by atoms with E-state index in [0.717, 1.165) is 34.6 Å². The lowest BCUT2D eigenvalue weighted by Gasteiger charge is -2.24. The van der Waals surface area contributed by atoms with Gasteiger partial charge in [0.25, 0.3) is 0 Å². The summed E-state index contributed by atoms with van der Waals surface area (Å²) in [5.41, 5.74) is 11.6. The summed E-state index contributed by atoms with van der Waals surface area (Å²) in [6.45, 7) is 4.21. The number of benzene rings is 2. The van der Waals surface area contributed by atoms with E-state index < -0.39 is 11.3 Å². The normalized spacial score (nSPS) is 17.6. The minimum Gasteiger partial charge on any atom is -0.497 e. The Labute approximate surface area is 186 Å². The number of methoxy groups -OCH3 is 1. The molecule has 0 saturated carbocycles. The molecule has 1 aliphatic rings. The molecule has 0 radical (unpaired) electrons. The molecule has 1 atom stereocenters. The first-order chi connectivity index (χ1) is 14.9. The van der Waals surface area contributed by atoms with Gasteiger partial charge in [-0.05, 0) is 60.7 Å². The molecule has 31 heavy (non-hydrogen) atoms. The fourth-order valence-electron chi connectivity index (χ4n) is 4.07. The van der Waals surface area contributed by atoms with Crippen LogP contribution < -0.4 is 10.5 Å². The Morgan fingerprint density at radius 2 is 1.87 bits per heavy atom. The van der Waals surface area contributed by atoms with Gasteiger partial charge in [-0.2, -0.15) is 0 Å². The summed E-state index contributed by atoms with van der Waals surface area (Å²) < 4.78 is 5.24. The lowest BCUT2D eigenvalue weighted by Crippen LogP contribution is -2.40. The third-order valence-corrected chi connectivity index (χ3v) is 6.73. The summed E-state index contributed by atoms with van der Waals surface area (Å²) in [7, 11) is 1.67. The van der Waals surface area contributed by atoms with Crippen LogP contribution in [0.2, 0.25) is 0 Å². The number of amides is 1. The number of aliphatic imine (C=N–C) groups is 1. The second-order valence-electron chi connectivity index (χ2n) is 7.85. The first-order valence-corrected chi connectivity index (χ1v) is 11.0. The third kappa shape index (κ3) is 4.03. The van der Waals surface area contributed by atoms with E-state index in [2.05, 4.69) is 43.1 Å². The van der Waals surface area contributed by atoms with Crippen molar-refractivity contribution in [2.45, 2.75) is 32.1 Å². The summed E-state index contributed by atoms with van der Waals surface area (Å²) in [6, 6.07) is 12.6. The number of thiazole rings is 1. The number of hydrogen-bond donors (Lipinski definition) is 1. The van der Waals surface area contributed by atoms with Crippen LogP contribution in [0, 0.1) is 13.8 Å². The Morgan fingerprint density at radius 1 is 1.16 bits per heavy atom. The molecule has 5 nitrogen and oxygen atoms in total. The molecule has 1 aliphatic heterocycles. The zero-order valence-corrected chi connectivity index (χ0v) is 18.7. The highest BCUT2D eigenvalue weighted by molar-refractivity contribution is 7.10. The predicted octanol–water partition coefficient (Wildman–Crippen LogP) is 4.74. The number of carbonyl (C=O) groups is 1. The van der Waals surface area contributed by atoms with Gasteiger partial charge in [0, 0.05) is 29.8 Å². The van der Waals surface area contributed by atoms with Crippen molar-refractivity contribution in [3.8, 4) is 17.0 Å². The summed E-state index contributed by atoms with van der Waals surface area (Å²) in [5.74, 6) is 0.456. The number of rotatable bonds is 6. The highest BCUT2D eigenvalue weighted by atomic mass is 32.1. The van der Waals surface area contributed by atoms with Crippen molar-refractivity contribution in [2.75, 3.05) is 7.11 Å². The summed E-state index contributed by atoms with van der Waals surface area (Å²) >= 11 is 1.47. The van der Waals surface area contributed by atoms with Crippen LogP contribution in [0.25, 0.3) is 11.3 Å². The minimum absolute atomic E-state index is 0.404. The maximum absolute atomic E-state index is 12.3. The van der Waals surface area contributed by atoms with Crippen LogP contribution in [0.1, 0.15) is 33.7 Å². The zero-order chi connectivity index (χ0) is 22.0. The van der Waals surface area contributed by atoms with Crippen LogP contribution in [0.15, 0.2) is 59.0 Å². The Kier molecular flexibility index (Phi) is 5.74. The molecule has 0 fully saturated rings. The average Bonchev–Trinajstić information content (AvgIpc) is 3.24. The van der Waals surface area contributed by atoms with Gasteiger partial charge in [-0.25, -0.2) is 4.98 Å². The number of nitrogens with zero attached hydrogens (tertiary/aromatic N) is 2. The SMILES string of the molecule is COc1ccc(Cc2cc(C)c(-c3csc(C4(C(N)=O)C=CN=CC4)n3)c(C)c2)cc1. The monoisotopic (exact) mass is 431 g/mol. The summed E-state index contributed by atoms with van der Waals surface area (Å²) in [6.07, 6.45) is 6.39. The van der Waals surface area contributed by atoms with E-state index >= 15 is 0 Å². The highest BCUT2D eigenvalue weighted by Gasteiger charge is 2.39. The van der Waals surface area contributed by atoms with Crippen molar-refractivity contribution in [2.24, 2.45) is 10.7 Å². The Bertz CT molecular complexity index is 1150. The van der Waals surface area contributed by atoms with E-state index in [-0.39, 0.29) is 0 Å². The van der Waals surface area contributed by atoms with Crippen molar-refractivity contribution >= 4 is 23.5 Å². The van der Waals surface area contributed by atoms with E-state index in [9.17, 15) is 4.79 Å². The van der Waals surface area contributed by atoms with Gasteiger partial charge in [0.05, 0.1) is 12.8 Å². The number of aryl methyl sites for hydroxylation is 2. The maximum atomic E-state index is 12.3. The number of aromatic nitrogens is 1. The molecule has 1 aromatic heterocycles. The van der Waals surface area contributed by atoms with Crippen molar-refractivity contribution < 1.29 is 9.53 Å². The van der Waals surface area contributed by atoms with Crippen LogP contribution in [-0.4, -0.2) is 24.2 Å². The topological polar surface area (TPSA) is 77.6 Å². The van der Waals surface area contributed by atoms with Crippen LogP contribution in [0.3, 0.4) is 0 Å². The molecule has 0 saturated heterocycles. The molecule has 2 aromatic carbocycles. The molecule has 0 spiro atoms. The third-order valence-electron chi connectivity index (χ3n) is 5.71. The summed E-state index contributed by atoms with van der Waals surface area (Å²) in [5, 5.41) is 2.72. The predicted molar refractivity (Wildman–Crippen MR) is 126 cm³/mol. The van der Waals surface area contributed by atoms with Crippen molar-refractivity contribution in [1.82, 2.24) is 4.98 Å². The number of ether oxygens (including phenoxy) is 1. The molecule has 1 amide bonds. The van der Waals surface area contributed by atoms with E-state index in [0.29, 0.717) is 11.4 Å². The van der Waals surface area contributed by atoms with Crippen molar-refractivity contribution in [1.29, 1.82) is 0 Å². The van der Waals surface area contributed by atoms with Gasteiger partial charge in [0.1, 0.15) is 16.2 Å². The Balaban J connectivity index is 1.64. The standard InChI is InChI=1S/C25H25N3O2S/c1-16-12-19(14-18-4-6-20(30-3)7-5-18)13-17(2)22(16)21-15-31-24(28-21)25(23(26)29)8-10-27-11-9-25/h4-8,10-13,15H,9,14H2,1-3H3,(H2,26,29). The van der Waals surface area contributed by atoms with Crippen LogP contribution >= 0.6 is 11.3 Å². The van der Waals surface area contributed by atoms with Gasteiger partial charge >= 0.3 is 0 Å². The van der Waals surface area contributed by atoms with Gasteiger partial charge in [0.2, 0.25) is 5.91 Å². The second kappa shape index (κ2) is 8.47. The van der Waals surface area contributed by atoms with E-state index in [1.165, 1.54) is 22.5 Å². The molecule has 158 valence electrons. The Morgan fingerprint density at radius 3 is 2.45 bits per heavy atom. The molecule has 3 aromatic rings. The van der Waals surface area contributed by atoms with E-state index in [1.54, 1.807) is 25.6 Å². The van der Waals surface area contributed by atoms with Crippen molar-refractivity contribution in [3.05, 3.63) is 81.3 Å². The first-order valence-electron chi connectivity index (χ1n) is 10.1. The number of carbonyl (C=O) groups excluding carboxylic acids is 1. The first kappa shape index (κ1) is 21.0. The maximum Gasteiger partial charge on any atom is 0.234 e. The van der Waals surface area contributed by atoms with Gasteiger partial charge in [0.15, 0.2) is 0 Å². The van der Waals surface area contributed by atoms with Gasteiger partial charge in [-0.3, -0.25) is 9.79 Å². The lowest BCUT2D eigenvalue weighted by atomic mass is 9.83. The number of nitrogens with two attached hydrogens (primary N) is 1. The lowest BCUT2D eigenvalue weighted by molar-refractivity contribution is -0.121. The van der Waals surface area contributed by atoms with Crippen LogP contribution in [0.5, 0.6) is 5.75 Å². The molecule has 0 bridgehead atoms. The quantitative estimate of drug-likeness (QED) is 0.612. The number of primary amides is 1. The second-order valence-corrected chi connectivity index (χ2v) is 8.71. The highest BCUT2D eigenvalue weighted by Crippen LogP contribution is 2.37. The Hall–Kier alpha value is -3.25. The molecule has 0 aliphatic carbocycles. The number of hydrogen-bond acceptors (Lipinski definition) is 5. The minimum atomic E-state index is -0.916. The molecule has 1 unspecified atom stereocenters. The van der Waals surface area contributed by atoms with Crippen LogP contribution in [0.4, 0.5) is 0 Å². The smallest absolute Gasteiger partial charge is 0.234 e. The van der Waals surface area contributed by atoms with E-state index in [4.69, 9.17) is 15.5 Å². The molecular weight excluding hydrogens is 406 g/mol. The largest absolute Gasteiger partial charge is 0.497 e. The molecule has 2 heterocycles. The average molecular weight is 432 g/mol. The van der Waals surface area contributed by atoms with Crippen LogP contribution in [-0.2, 0) is 16.6 Å². The van der Waals surface area contributed by atoms with Crippen molar-refractivity contribution in [3.63, 3.8) is 0 Å². The van der Waals surface area contributed by atoms with E-state index in [1.807, 2.05) is 17.5 Å². The molecule has 6 heteroatoms. The molecular formula is C25H25N3O2S. The molecule has 4 rings (SSSR count). The summed E-state index contributed by atoms with van der Waals surface area (Å²) in [4.78, 5) is 21.2. The zero-order valence-electron chi connectivity index (χ0n) is 17.9. The molecule has 2 N–H and O–H groups in total. The van der Waals surface area contributed by atoms with Gasteiger partial charge < -0.3 is 10.5 Å². The fourth-order valence-corrected chi connectivity index (χ4v) is 5.08.